The molecular formula is C40H47N3O8. The lowest BCUT2D eigenvalue weighted by atomic mass is 9.98. The van der Waals surface area contributed by atoms with Crippen LogP contribution in [0, 0.1) is 5.92 Å². The molecule has 0 aliphatic heterocycles. The molecule has 3 aromatic carbocycles. The number of hydrogen-bond acceptors (Lipinski definition) is 8. The normalized spacial score (nSPS) is 13.4. The van der Waals surface area contributed by atoms with E-state index in [2.05, 4.69) is 41.2 Å². The molecule has 3 atom stereocenters. The fourth-order valence-corrected chi connectivity index (χ4v) is 5.98. The van der Waals surface area contributed by atoms with Crippen LogP contribution in [0.1, 0.15) is 54.4 Å². The van der Waals surface area contributed by atoms with Gasteiger partial charge >= 0.3 is 12.1 Å². The van der Waals surface area contributed by atoms with Gasteiger partial charge in [-0.05, 0) is 47.1 Å². The Balaban J connectivity index is 1.38. The fourth-order valence-electron chi connectivity index (χ4n) is 5.98. The van der Waals surface area contributed by atoms with Crippen LogP contribution in [0.15, 0.2) is 104 Å². The Morgan fingerprint density at radius 2 is 1.51 bits per heavy atom. The molecule has 4 N–H and O–H groups in total. The van der Waals surface area contributed by atoms with Gasteiger partial charge in [0.1, 0.15) is 18.8 Å². The van der Waals surface area contributed by atoms with E-state index in [0.717, 1.165) is 22.3 Å². The van der Waals surface area contributed by atoms with Gasteiger partial charge in [0, 0.05) is 18.9 Å². The first-order valence-electron chi connectivity index (χ1n) is 17.2. The summed E-state index contributed by atoms with van der Waals surface area (Å²) in [6.07, 6.45) is 2.39. The van der Waals surface area contributed by atoms with E-state index >= 15 is 0 Å². The van der Waals surface area contributed by atoms with Gasteiger partial charge in [0.2, 0.25) is 11.8 Å². The second-order valence-electron chi connectivity index (χ2n) is 12.1. The van der Waals surface area contributed by atoms with Gasteiger partial charge in [-0.2, -0.15) is 0 Å². The van der Waals surface area contributed by atoms with E-state index in [1.807, 2.05) is 42.5 Å². The van der Waals surface area contributed by atoms with Crippen LogP contribution in [0.4, 0.5) is 4.79 Å². The van der Waals surface area contributed by atoms with Crippen LogP contribution < -0.4 is 16.0 Å². The number of hydrogen-bond donors (Lipinski definition) is 4. The van der Waals surface area contributed by atoms with Crippen LogP contribution in [0.3, 0.4) is 0 Å². The number of rotatable bonds is 21. The van der Waals surface area contributed by atoms with Crippen molar-refractivity contribution in [3.05, 3.63) is 121 Å². The zero-order valence-corrected chi connectivity index (χ0v) is 28.8. The lowest BCUT2D eigenvalue weighted by Gasteiger charge is -2.24. The number of esters is 1. The van der Waals surface area contributed by atoms with Crippen molar-refractivity contribution >= 4 is 23.9 Å². The summed E-state index contributed by atoms with van der Waals surface area (Å²) in [5, 5.41) is 17.0. The standard InChI is InChI=1S/C40H47N3O8/c1-3-5-20-35(43-40(48)50-27-34-32-18-11-9-16-30(32)31-17-10-12-19-33(31)34)39(47)51-36(28-14-7-6-8-15-28)26-42-38(46)29(13-4-2)25-37(45)41-21-23-49-24-22-44/h3-4,6-12,14-19,29,34-36,44H,1-2,5,13,20-27H2,(H,41,45)(H,42,46)(H,43,48). The average Bonchev–Trinajstić information content (AvgIpc) is 3.47. The van der Waals surface area contributed by atoms with E-state index in [-0.39, 0.29) is 70.6 Å². The topological polar surface area (TPSA) is 152 Å². The Kier molecular flexibility index (Phi) is 15.4. The number of aliphatic hydroxyl groups excluding tert-OH is 1. The van der Waals surface area contributed by atoms with Crippen LogP contribution in [-0.4, -0.2) is 74.5 Å². The van der Waals surface area contributed by atoms with Crippen molar-refractivity contribution in [2.45, 2.75) is 43.7 Å². The highest BCUT2D eigenvalue weighted by Crippen LogP contribution is 2.44. The summed E-state index contributed by atoms with van der Waals surface area (Å²) in [4.78, 5) is 52.5. The summed E-state index contributed by atoms with van der Waals surface area (Å²) in [5.74, 6) is -2.28. The summed E-state index contributed by atoms with van der Waals surface area (Å²) < 4.78 is 16.8. The highest BCUT2D eigenvalue weighted by molar-refractivity contribution is 5.86. The lowest BCUT2D eigenvalue weighted by molar-refractivity contribution is -0.152. The van der Waals surface area contributed by atoms with Crippen molar-refractivity contribution in [1.82, 2.24) is 16.0 Å². The highest BCUT2D eigenvalue weighted by atomic mass is 16.6. The Hall–Kier alpha value is -5.26. The predicted molar refractivity (Wildman–Crippen MR) is 194 cm³/mol. The van der Waals surface area contributed by atoms with Crippen LogP contribution in [-0.2, 0) is 28.6 Å². The molecule has 1 aliphatic carbocycles. The Labute approximate surface area is 299 Å². The minimum Gasteiger partial charge on any atom is -0.454 e. The van der Waals surface area contributed by atoms with E-state index in [1.165, 1.54) is 0 Å². The number of fused-ring (bicyclic) bond motifs is 3. The van der Waals surface area contributed by atoms with E-state index in [4.69, 9.17) is 19.3 Å². The second kappa shape index (κ2) is 20.4. The van der Waals surface area contributed by atoms with Gasteiger partial charge in [0.15, 0.2) is 0 Å². The van der Waals surface area contributed by atoms with Crippen molar-refractivity contribution in [2.24, 2.45) is 5.92 Å². The quantitative estimate of drug-likeness (QED) is 0.0692. The number of nitrogens with one attached hydrogen (secondary N) is 3. The summed E-state index contributed by atoms with van der Waals surface area (Å²) in [7, 11) is 0. The molecule has 0 bridgehead atoms. The molecule has 11 nitrogen and oxygen atoms in total. The first-order valence-corrected chi connectivity index (χ1v) is 17.2. The molecule has 51 heavy (non-hydrogen) atoms. The molecule has 1 aliphatic rings. The monoisotopic (exact) mass is 697 g/mol. The predicted octanol–water partition coefficient (Wildman–Crippen LogP) is 4.97. The third-order valence-electron chi connectivity index (χ3n) is 8.53. The van der Waals surface area contributed by atoms with Gasteiger partial charge in [0.25, 0.3) is 0 Å². The van der Waals surface area contributed by atoms with Gasteiger partial charge in [-0.15, -0.1) is 13.2 Å². The molecule has 3 amide bonds. The first-order chi connectivity index (χ1) is 24.9. The van der Waals surface area contributed by atoms with Crippen LogP contribution >= 0.6 is 0 Å². The van der Waals surface area contributed by atoms with Crippen LogP contribution in [0.25, 0.3) is 11.1 Å². The van der Waals surface area contributed by atoms with Crippen molar-refractivity contribution in [3.63, 3.8) is 0 Å². The highest BCUT2D eigenvalue weighted by Gasteiger charge is 2.31. The summed E-state index contributed by atoms with van der Waals surface area (Å²) in [6, 6.07) is 23.9. The minimum absolute atomic E-state index is 0.0715. The molecule has 0 saturated carbocycles. The second-order valence-corrected chi connectivity index (χ2v) is 12.1. The molecule has 0 spiro atoms. The van der Waals surface area contributed by atoms with Gasteiger partial charge in [-0.25, -0.2) is 9.59 Å². The summed E-state index contributed by atoms with van der Waals surface area (Å²) >= 11 is 0. The van der Waals surface area contributed by atoms with Gasteiger partial charge < -0.3 is 35.3 Å². The van der Waals surface area contributed by atoms with Crippen molar-refractivity contribution in [3.8, 4) is 11.1 Å². The third kappa shape index (κ3) is 11.4. The third-order valence-corrected chi connectivity index (χ3v) is 8.53. The first kappa shape index (κ1) is 38.5. The number of allylic oxidation sites excluding steroid dienone is 2. The maximum Gasteiger partial charge on any atom is 0.407 e. The molecule has 270 valence electrons. The zero-order valence-electron chi connectivity index (χ0n) is 28.8. The molecule has 3 aromatic rings. The Bertz CT molecular complexity index is 1580. The van der Waals surface area contributed by atoms with E-state index in [9.17, 15) is 19.2 Å². The number of carbonyl (C=O) groups is 4. The van der Waals surface area contributed by atoms with Crippen molar-refractivity contribution in [2.75, 3.05) is 39.5 Å². The lowest BCUT2D eigenvalue weighted by Crippen LogP contribution is -2.44. The SMILES string of the molecule is C=CCCC(NC(=O)OCC1c2ccccc2-c2ccccc21)C(=O)OC(CNC(=O)C(CC=C)CC(=O)NCCOCCO)c1ccccc1. The molecule has 4 rings (SSSR count). The van der Waals surface area contributed by atoms with Gasteiger partial charge in [-0.3, -0.25) is 9.59 Å². The maximum atomic E-state index is 13.6. The number of amides is 3. The minimum atomic E-state index is -1.04. The summed E-state index contributed by atoms with van der Waals surface area (Å²) in [5.41, 5.74) is 4.99. The molecule has 0 heterocycles. The van der Waals surface area contributed by atoms with Crippen LogP contribution in [0.2, 0.25) is 0 Å². The number of benzene rings is 3. The van der Waals surface area contributed by atoms with Crippen LogP contribution in [0.5, 0.6) is 0 Å². The number of ether oxygens (including phenoxy) is 3. The Morgan fingerprint density at radius 1 is 0.843 bits per heavy atom. The molecule has 0 saturated heterocycles. The van der Waals surface area contributed by atoms with Gasteiger partial charge in [0.05, 0.1) is 32.3 Å². The van der Waals surface area contributed by atoms with Crippen molar-refractivity contribution in [1.29, 1.82) is 0 Å². The number of carbonyl (C=O) groups excluding carboxylic acids is 4. The van der Waals surface area contributed by atoms with E-state index in [1.54, 1.807) is 36.4 Å². The van der Waals surface area contributed by atoms with E-state index < -0.39 is 36.0 Å². The average molecular weight is 698 g/mol. The number of alkyl carbamates (subject to hydrolysis) is 1. The van der Waals surface area contributed by atoms with Gasteiger partial charge in [-0.1, -0.05) is 91.0 Å². The maximum absolute atomic E-state index is 13.6. The number of aliphatic hydroxyl groups is 1. The molecule has 0 aromatic heterocycles. The zero-order chi connectivity index (χ0) is 36.4. The largest absolute Gasteiger partial charge is 0.454 e. The molecule has 0 fully saturated rings. The fraction of sp³-hybridized carbons (Fsp3) is 0.350. The Morgan fingerprint density at radius 3 is 2.16 bits per heavy atom. The van der Waals surface area contributed by atoms with Crippen molar-refractivity contribution < 1.29 is 38.5 Å². The smallest absolute Gasteiger partial charge is 0.407 e. The van der Waals surface area contributed by atoms with E-state index in [0.29, 0.717) is 12.0 Å². The molecule has 3 unspecified atom stereocenters. The summed E-state index contributed by atoms with van der Waals surface area (Å²) in [6.45, 7) is 8.01. The molecule has 0 radical (unpaired) electrons. The molecular weight excluding hydrogens is 650 g/mol. The molecule has 11 heteroatoms.